The van der Waals surface area contributed by atoms with Crippen molar-refractivity contribution >= 4 is 12.2 Å². The maximum atomic E-state index is 13.2. The van der Waals surface area contributed by atoms with Gasteiger partial charge in [0.05, 0.1) is 6.04 Å². The van der Waals surface area contributed by atoms with E-state index in [1.165, 1.54) is 5.01 Å². The number of nitrogens with zero attached hydrogens (tertiary/aromatic N) is 2. The van der Waals surface area contributed by atoms with Crippen LogP contribution in [0.2, 0.25) is 0 Å². The molecule has 0 aliphatic heterocycles. The minimum Gasteiger partial charge on any atom is -0.508 e. The first kappa shape index (κ1) is 28.5. The van der Waals surface area contributed by atoms with Gasteiger partial charge in [-0.25, -0.2) is 20.0 Å². The highest BCUT2D eigenvalue weighted by atomic mass is 16.6. The van der Waals surface area contributed by atoms with Crippen LogP contribution in [0.25, 0.3) is 0 Å². The van der Waals surface area contributed by atoms with Crippen molar-refractivity contribution in [2.24, 2.45) is 0 Å². The van der Waals surface area contributed by atoms with E-state index in [1.54, 1.807) is 12.1 Å². The zero-order valence-electron chi connectivity index (χ0n) is 22.1. The molecule has 8 nitrogen and oxygen atoms in total. The van der Waals surface area contributed by atoms with Gasteiger partial charge in [0, 0.05) is 13.1 Å². The van der Waals surface area contributed by atoms with E-state index in [0.717, 1.165) is 36.2 Å². The van der Waals surface area contributed by atoms with Gasteiger partial charge in [-0.1, -0.05) is 86.6 Å². The minimum atomic E-state index is -0.730. The largest absolute Gasteiger partial charge is 0.508 e. The second-order valence-electron chi connectivity index (χ2n) is 8.96. The van der Waals surface area contributed by atoms with Crippen molar-refractivity contribution in [3.63, 3.8) is 0 Å². The first-order chi connectivity index (χ1) is 18.5. The van der Waals surface area contributed by atoms with Gasteiger partial charge in [-0.15, -0.1) is 0 Å². The van der Waals surface area contributed by atoms with Crippen LogP contribution in [0.1, 0.15) is 37.0 Å². The topological polar surface area (TPSA) is 91.3 Å². The summed E-state index contributed by atoms with van der Waals surface area (Å²) in [6.07, 6.45) is -0.0562. The van der Waals surface area contributed by atoms with E-state index in [9.17, 15) is 14.7 Å². The van der Waals surface area contributed by atoms with Gasteiger partial charge in [0.2, 0.25) is 0 Å². The van der Waals surface area contributed by atoms with Crippen LogP contribution in [0.15, 0.2) is 84.9 Å². The number of ether oxygens (including phenoxy) is 2. The molecule has 2 amide bonds. The third kappa shape index (κ3) is 9.44. The van der Waals surface area contributed by atoms with Gasteiger partial charge in [0.15, 0.2) is 0 Å². The number of phenols is 1. The summed E-state index contributed by atoms with van der Waals surface area (Å²) in [5.41, 5.74) is 5.34. The van der Waals surface area contributed by atoms with Crippen LogP contribution < -0.4 is 5.43 Å². The van der Waals surface area contributed by atoms with Gasteiger partial charge in [0.1, 0.15) is 19.0 Å². The Labute approximate surface area is 224 Å². The predicted octanol–water partition coefficient (Wildman–Crippen LogP) is 5.52. The SMILES string of the molecule is CCC(CN(CC)CCc1cccc(O)c1)N(NC(=O)OCc1ccccc1)C(=O)OCc1ccccc1. The lowest BCUT2D eigenvalue weighted by Gasteiger charge is -2.33. The van der Waals surface area contributed by atoms with E-state index in [4.69, 9.17) is 9.47 Å². The molecule has 3 aromatic rings. The molecule has 38 heavy (non-hydrogen) atoms. The Bertz CT molecular complexity index is 1130. The molecule has 0 aromatic heterocycles. The summed E-state index contributed by atoms with van der Waals surface area (Å²) in [7, 11) is 0. The smallest absolute Gasteiger partial charge is 0.429 e. The maximum absolute atomic E-state index is 13.2. The molecule has 0 aliphatic rings. The van der Waals surface area contributed by atoms with E-state index in [-0.39, 0.29) is 25.0 Å². The number of likely N-dealkylation sites (N-methyl/N-ethyl adjacent to an activating group) is 1. The number of aromatic hydroxyl groups is 1. The standard InChI is InChI=1S/C30H37N3O5/c1-3-27(21-32(4-2)19-18-24-16-11-17-28(34)20-24)33(30(36)38-23-26-14-9-6-10-15-26)31-29(35)37-22-25-12-7-5-8-13-25/h5-17,20,27,34H,3-4,18-19,21-23H2,1-2H3,(H,31,35). The molecule has 3 aromatic carbocycles. The molecule has 0 heterocycles. The van der Waals surface area contributed by atoms with Gasteiger partial charge in [-0.3, -0.25) is 0 Å². The first-order valence-electron chi connectivity index (χ1n) is 13.0. The number of carbonyl (C=O) groups excluding carboxylic acids is 2. The van der Waals surface area contributed by atoms with Crippen LogP contribution in [0, 0.1) is 0 Å². The summed E-state index contributed by atoms with van der Waals surface area (Å²) >= 11 is 0. The molecule has 2 N–H and O–H groups in total. The number of hydrogen-bond donors (Lipinski definition) is 2. The number of hydrogen-bond acceptors (Lipinski definition) is 6. The molecule has 1 unspecified atom stereocenters. The average Bonchev–Trinajstić information content (AvgIpc) is 2.95. The molecule has 1 atom stereocenters. The van der Waals surface area contributed by atoms with Crippen molar-refractivity contribution in [1.29, 1.82) is 0 Å². The Morgan fingerprint density at radius 3 is 2.03 bits per heavy atom. The monoisotopic (exact) mass is 519 g/mol. The molecular weight excluding hydrogens is 482 g/mol. The summed E-state index contributed by atoms with van der Waals surface area (Å²) in [4.78, 5) is 28.1. The summed E-state index contributed by atoms with van der Waals surface area (Å²) < 4.78 is 10.9. The van der Waals surface area contributed by atoms with E-state index in [2.05, 4.69) is 17.2 Å². The highest BCUT2D eigenvalue weighted by Crippen LogP contribution is 2.14. The van der Waals surface area contributed by atoms with Crippen LogP contribution in [-0.4, -0.2) is 52.9 Å². The number of phenolic OH excluding ortho intramolecular Hbond substituents is 1. The third-order valence-corrected chi connectivity index (χ3v) is 6.21. The molecule has 202 valence electrons. The van der Waals surface area contributed by atoms with E-state index in [0.29, 0.717) is 13.0 Å². The van der Waals surface area contributed by atoms with Crippen molar-refractivity contribution in [3.8, 4) is 5.75 Å². The molecule has 3 rings (SSSR count). The summed E-state index contributed by atoms with van der Waals surface area (Å²) in [6, 6.07) is 25.6. The normalized spacial score (nSPS) is 11.6. The first-order valence-corrected chi connectivity index (χ1v) is 13.0. The molecular formula is C30H37N3O5. The van der Waals surface area contributed by atoms with Crippen LogP contribution in [-0.2, 0) is 29.1 Å². The lowest BCUT2D eigenvalue weighted by molar-refractivity contribution is 0.0368. The lowest BCUT2D eigenvalue weighted by atomic mass is 10.1. The van der Waals surface area contributed by atoms with Crippen LogP contribution in [0.4, 0.5) is 9.59 Å². The van der Waals surface area contributed by atoms with Gasteiger partial charge in [-0.05, 0) is 48.2 Å². The Morgan fingerprint density at radius 1 is 0.842 bits per heavy atom. The highest BCUT2D eigenvalue weighted by molar-refractivity contribution is 5.74. The Hall–Kier alpha value is -4.04. The fourth-order valence-electron chi connectivity index (χ4n) is 4.00. The van der Waals surface area contributed by atoms with Gasteiger partial charge in [-0.2, -0.15) is 0 Å². The minimum absolute atomic E-state index is 0.0847. The fourth-order valence-corrected chi connectivity index (χ4v) is 4.00. The van der Waals surface area contributed by atoms with E-state index >= 15 is 0 Å². The number of rotatable bonds is 12. The van der Waals surface area contributed by atoms with Gasteiger partial charge >= 0.3 is 12.2 Å². The maximum Gasteiger partial charge on any atom is 0.429 e. The molecule has 0 spiro atoms. The van der Waals surface area contributed by atoms with Crippen molar-refractivity contribution < 1.29 is 24.2 Å². The fraction of sp³-hybridized carbons (Fsp3) is 0.333. The molecule has 8 heteroatoms. The number of hydrazine groups is 1. The Morgan fingerprint density at radius 2 is 1.45 bits per heavy atom. The van der Waals surface area contributed by atoms with E-state index < -0.39 is 12.2 Å². The molecule has 0 fully saturated rings. The van der Waals surface area contributed by atoms with Crippen LogP contribution in [0.5, 0.6) is 5.75 Å². The van der Waals surface area contributed by atoms with Crippen molar-refractivity contribution in [2.75, 3.05) is 19.6 Å². The second kappa shape index (κ2) is 15.3. The van der Waals surface area contributed by atoms with E-state index in [1.807, 2.05) is 79.7 Å². The number of carbonyl (C=O) groups is 2. The lowest BCUT2D eigenvalue weighted by Crippen LogP contribution is -2.55. The molecule has 0 saturated heterocycles. The Kier molecular flexibility index (Phi) is 11.5. The molecule has 0 aliphatic carbocycles. The zero-order chi connectivity index (χ0) is 27.2. The summed E-state index contributed by atoms with van der Waals surface area (Å²) in [6.45, 7) is 6.18. The van der Waals surface area contributed by atoms with Crippen molar-refractivity contribution in [2.45, 2.75) is 45.9 Å². The summed E-state index contributed by atoms with van der Waals surface area (Å²) in [5, 5.41) is 11.0. The average molecular weight is 520 g/mol. The third-order valence-electron chi connectivity index (χ3n) is 6.21. The second-order valence-corrected chi connectivity index (χ2v) is 8.96. The quantitative estimate of drug-likeness (QED) is 0.307. The molecule has 0 saturated carbocycles. The number of nitrogens with one attached hydrogen (secondary N) is 1. The molecule has 0 radical (unpaired) electrons. The molecule has 0 bridgehead atoms. The number of benzene rings is 3. The van der Waals surface area contributed by atoms with Crippen molar-refractivity contribution in [3.05, 3.63) is 102 Å². The highest BCUT2D eigenvalue weighted by Gasteiger charge is 2.28. The Balaban J connectivity index is 1.67. The van der Waals surface area contributed by atoms with Gasteiger partial charge < -0.3 is 19.5 Å². The predicted molar refractivity (Wildman–Crippen MR) is 146 cm³/mol. The zero-order valence-corrected chi connectivity index (χ0v) is 22.1. The van der Waals surface area contributed by atoms with Crippen LogP contribution >= 0.6 is 0 Å². The van der Waals surface area contributed by atoms with Crippen LogP contribution in [0.3, 0.4) is 0 Å². The van der Waals surface area contributed by atoms with Gasteiger partial charge in [0.25, 0.3) is 0 Å². The van der Waals surface area contributed by atoms with Crippen molar-refractivity contribution in [1.82, 2.24) is 15.3 Å². The summed E-state index contributed by atoms with van der Waals surface area (Å²) in [5.74, 6) is 0.238. The number of amides is 2.